The van der Waals surface area contributed by atoms with Gasteiger partial charge in [0.2, 0.25) is 5.91 Å². The van der Waals surface area contributed by atoms with Crippen molar-refractivity contribution in [3.8, 4) is 5.75 Å². The lowest BCUT2D eigenvalue weighted by Crippen LogP contribution is -2.21. The molecule has 0 saturated heterocycles. The van der Waals surface area contributed by atoms with Crippen LogP contribution in [-0.4, -0.2) is 19.1 Å². The molecule has 0 aliphatic rings. The molecule has 0 unspecified atom stereocenters. The molecule has 0 heterocycles. The van der Waals surface area contributed by atoms with Crippen molar-refractivity contribution < 1.29 is 9.53 Å². The summed E-state index contributed by atoms with van der Waals surface area (Å²) in [5.74, 6) is 0.934. The number of unbranched alkanes of at least 4 members (excludes halogenated alkanes) is 15. The lowest BCUT2D eigenvalue weighted by atomic mass is 10.0. The van der Waals surface area contributed by atoms with Crippen molar-refractivity contribution in [2.75, 3.05) is 13.2 Å². The van der Waals surface area contributed by atoms with Crippen molar-refractivity contribution in [1.29, 1.82) is 0 Å². The fourth-order valence-corrected chi connectivity index (χ4v) is 3.69. The molecule has 0 bridgehead atoms. The van der Waals surface area contributed by atoms with Gasteiger partial charge in [-0.25, -0.2) is 0 Å². The Labute approximate surface area is 185 Å². The second-order valence-corrected chi connectivity index (χ2v) is 8.31. The predicted octanol–water partition coefficient (Wildman–Crippen LogP) is 7.61. The smallest absolute Gasteiger partial charge is 0.243 e. The van der Waals surface area contributed by atoms with E-state index in [1.54, 1.807) is 0 Å². The summed E-state index contributed by atoms with van der Waals surface area (Å²) in [4.78, 5) is 11.0. The van der Waals surface area contributed by atoms with Crippen LogP contribution in [0, 0.1) is 0 Å². The van der Waals surface area contributed by atoms with E-state index in [4.69, 9.17) is 4.74 Å². The Kier molecular flexibility index (Phi) is 17.9. The average Bonchev–Trinajstić information content (AvgIpc) is 2.78. The third kappa shape index (κ3) is 17.1. The molecule has 1 N–H and O–H groups in total. The second kappa shape index (κ2) is 20.5. The summed E-state index contributed by atoms with van der Waals surface area (Å²) < 4.78 is 5.73. The topological polar surface area (TPSA) is 38.3 Å². The van der Waals surface area contributed by atoms with Crippen molar-refractivity contribution in [2.45, 2.75) is 103 Å². The van der Waals surface area contributed by atoms with Gasteiger partial charge in [0, 0.05) is 6.54 Å². The highest BCUT2D eigenvalue weighted by molar-refractivity contribution is 5.86. The van der Waals surface area contributed by atoms with Crippen LogP contribution in [0.3, 0.4) is 0 Å². The van der Waals surface area contributed by atoms with Crippen LogP contribution in [0.15, 0.2) is 43.0 Å². The van der Waals surface area contributed by atoms with E-state index in [9.17, 15) is 4.79 Å². The van der Waals surface area contributed by atoms with E-state index in [1.165, 1.54) is 102 Å². The Hall–Kier alpha value is -1.77. The number of amides is 1. The molecule has 1 aromatic carbocycles. The van der Waals surface area contributed by atoms with Crippen LogP contribution in [0.2, 0.25) is 0 Å². The van der Waals surface area contributed by atoms with Crippen molar-refractivity contribution in [1.82, 2.24) is 5.32 Å². The van der Waals surface area contributed by atoms with Gasteiger partial charge in [-0.2, -0.15) is 0 Å². The van der Waals surface area contributed by atoms with Crippen LogP contribution < -0.4 is 10.1 Å². The van der Waals surface area contributed by atoms with Gasteiger partial charge in [0.15, 0.2) is 0 Å². The number of para-hydroxylation sites is 1. The van der Waals surface area contributed by atoms with Gasteiger partial charge in [0.1, 0.15) is 5.75 Å². The van der Waals surface area contributed by atoms with E-state index in [-0.39, 0.29) is 5.91 Å². The van der Waals surface area contributed by atoms with Crippen molar-refractivity contribution in [3.05, 3.63) is 43.0 Å². The molecule has 0 aliphatic carbocycles. The van der Waals surface area contributed by atoms with Gasteiger partial charge in [-0.3, -0.25) is 4.79 Å². The maximum atomic E-state index is 11.0. The molecular weight excluding hydrogens is 370 g/mol. The molecule has 0 radical (unpaired) electrons. The normalized spacial score (nSPS) is 10.7. The van der Waals surface area contributed by atoms with Gasteiger partial charge in [-0.15, -0.1) is 0 Å². The average molecular weight is 416 g/mol. The zero-order chi connectivity index (χ0) is 21.5. The SMILES string of the molecule is C=CC(=O)NCCCCCCCCCCCCCCCCCCOc1ccccc1. The number of ether oxygens (including phenoxy) is 1. The minimum Gasteiger partial charge on any atom is -0.494 e. The minimum absolute atomic E-state index is 0.0559. The molecule has 30 heavy (non-hydrogen) atoms. The Bertz CT molecular complexity index is 515. The van der Waals surface area contributed by atoms with Gasteiger partial charge >= 0.3 is 0 Å². The molecule has 0 aliphatic heterocycles. The summed E-state index contributed by atoms with van der Waals surface area (Å²) in [7, 11) is 0. The maximum absolute atomic E-state index is 11.0. The zero-order valence-electron chi connectivity index (χ0n) is 19.2. The Morgan fingerprint density at radius 2 is 1.13 bits per heavy atom. The molecule has 0 atom stereocenters. The monoisotopic (exact) mass is 415 g/mol. The number of carbonyl (C=O) groups is 1. The molecule has 170 valence electrons. The lowest BCUT2D eigenvalue weighted by molar-refractivity contribution is -0.116. The van der Waals surface area contributed by atoms with Crippen LogP contribution in [0.5, 0.6) is 5.75 Å². The first kappa shape index (κ1) is 26.3. The van der Waals surface area contributed by atoms with Gasteiger partial charge in [-0.05, 0) is 31.1 Å². The summed E-state index contributed by atoms with van der Waals surface area (Å²) in [6.45, 7) is 5.08. The Morgan fingerprint density at radius 1 is 0.700 bits per heavy atom. The molecule has 0 spiro atoms. The third-order valence-corrected chi connectivity index (χ3v) is 5.57. The van der Waals surface area contributed by atoms with Gasteiger partial charge < -0.3 is 10.1 Å². The second-order valence-electron chi connectivity index (χ2n) is 8.31. The largest absolute Gasteiger partial charge is 0.494 e. The molecule has 0 fully saturated rings. The van der Waals surface area contributed by atoms with Crippen LogP contribution in [0.25, 0.3) is 0 Å². The van der Waals surface area contributed by atoms with E-state index in [1.807, 2.05) is 30.3 Å². The van der Waals surface area contributed by atoms with Crippen LogP contribution in [-0.2, 0) is 4.79 Å². The summed E-state index contributed by atoms with van der Waals surface area (Å²) in [5.41, 5.74) is 0. The predicted molar refractivity (Wildman–Crippen MR) is 129 cm³/mol. The fourth-order valence-electron chi connectivity index (χ4n) is 3.69. The molecule has 0 aromatic heterocycles. The molecular formula is C27H45NO2. The number of hydrogen-bond acceptors (Lipinski definition) is 2. The van der Waals surface area contributed by atoms with E-state index < -0.39 is 0 Å². The molecule has 0 saturated carbocycles. The van der Waals surface area contributed by atoms with Crippen LogP contribution in [0.4, 0.5) is 0 Å². The van der Waals surface area contributed by atoms with E-state index >= 15 is 0 Å². The third-order valence-electron chi connectivity index (χ3n) is 5.57. The highest BCUT2D eigenvalue weighted by Crippen LogP contribution is 2.14. The highest BCUT2D eigenvalue weighted by atomic mass is 16.5. The van der Waals surface area contributed by atoms with Crippen molar-refractivity contribution in [2.24, 2.45) is 0 Å². The van der Waals surface area contributed by atoms with E-state index in [0.29, 0.717) is 0 Å². The quantitative estimate of drug-likeness (QED) is 0.166. The number of rotatable bonds is 21. The number of nitrogens with one attached hydrogen (secondary N) is 1. The molecule has 1 amide bonds. The zero-order valence-corrected chi connectivity index (χ0v) is 19.2. The molecule has 1 aromatic rings. The Morgan fingerprint density at radius 3 is 1.60 bits per heavy atom. The molecule has 1 rings (SSSR count). The van der Waals surface area contributed by atoms with Gasteiger partial charge in [-0.1, -0.05) is 115 Å². The van der Waals surface area contributed by atoms with E-state index in [2.05, 4.69) is 11.9 Å². The maximum Gasteiger partial charge on any atom is 0.243 e. The first-order valence-corrected chi connectivity index (χ1v) is 12.4. The highest BCUT2D eigenvalue weighted by Gasteiger charge is 1.96. The number of carbonyl (C=O) groups excluding carboxylic acids is 1. The van der Waals surface area contributed by atoms with Crippen molar-refractivity contribution in [3.63, 3.8) is 0 Å². The number of benzene rings is 1. The summed E-state index contributed by atoms with van der Waals surface area (Å²) >= 11 is 0. The van der Waals surface area contributed by atoms with Crippen LogP contribution >= 0.6 is 0 Å². The summed E-state index contributed by atoms with van der Waals surface area (Å²) in [5, 5.41) is 2.83. The lowest BCUT2D eigenvalue weighted by Gasteiger charge is -2.06. The standard InChI is InChI=1S/C27H45NO2/c1-2-27(29)28-24-20-15-13-11-9-7-5-3-4-6-8-10-12-14-16-21-25-30-26-22-18-17-19-23-26/h2,17-19,22-23H,1,3-16,20-21,24-25H2,(H,28,29). The summed E-state index contributed by atoms with van der Waals surface area (Å²) in [6.07, 6.45) is 22.6. The Balaban J connectivity index is 1.68. The molecule has 3 nitrogen and oxygen atoms in total. The van der Waals surface area contributed by atoms with E-state index in [0.717, 1.165) is 25.3 Å². The van der Waals surface area contributed by atoms with Gasteiger partial charge in [0.05, 0.1) is 6.61 Å². The van der Waals surface area contributed by atoms with Gasteiger partial charge in [0.25, 0.3) is 0 Å². The first-order chi connectivity index (χ1) is 14.8. The summed E-state index contributed by atoms with van der Waals surface area (Å²) in [6, 6.07) is 10.1. The van der Waals surface area contributed by atoms with Crippen molar-refractivity contribution >= 4 is 5.91 Å². The minimum atomic E-state index is -0.0559. The number of hydrogen-bond donors (Lipinski definition) is 1. The molecule has 3 heteroatoms. The first-order valence-electron chi connectivity index (χ1n) is 12.4. The van der Waals surface area contributed by atoms with Crippen LogP contribution in [0.1, 0.15) is 103 Å². The fraction of sp³-hybridized carbons (Fsp3) is 0.667.